The fraction of sp³-hybridized carbons (Fsp3) is 0.923. The van der Waals surface area contributed by atoms with Gasteiger partial charge < -0.3 is 15.0 Å². The van der Waals surface area contributed by atoms with Crippen molar-refractivity contribution < 1.29 is 9.53 Å². The normalized spacial score (nSPS) is 29.6. The third kappa shape index (κ3) is 3.42. The molecule has 0 aromatic heterocycles. The molecule has 98 valence electrons. The molecule has 17 heavy (non-hydrogen) atoms. The van der Waals surface area contributed by atoms with Crippen molar-refractivity contribution in [3.05, 3.63) is 0 Å². The number of hydrogen-bond donors (Lipinski definition) is 1. The van der Waals surface area contributed by atoms with E-state index in [1.165, 1.54) is 12.8 Å². The lowest BCUT2D eigenvalue weighted by atomic mass is 10.0. The molecule has 0 aromatic rings. The Kier molecular flexibility index (Phi) is 4.80. The first-order chi connectivity index (χ1) is 8.31. The standard InChI is InChI=1S/C13H24N2O2/c1-2-17-10-11-6-8-15(9-11)13(16)12-5-3-4-7-14-12/h11-12,14H,2-10H2,1H3/t11-,12+/m1/s1. The summed E-state index contributed by atoms with van der Waals surface area (Å²) in [6.07, 6.45) is 4.49. The van der Waals surface area contributed by atoms with Crippen LogP contribution in [0, 0.1) is 5.92 Å². The zero-order valence-electron chi connectivity index (χ0n) is 10.8. The van der Waals surface area contributed by atoms with Gasteiger partial charge >= 0.3 is 0 Å². The molecule has 2 aliphatic heterocycles. The van der Waals surface area contributed by atoms with Gasteiger partial charge in [-0.2, -0.15) is 0 Å². The van der Waals surface area contributed by atoms with Crippen LogP contribution in [0.1, 0.15) is 32.6 Å². The Balaban J connectivity index is 1.76. The Labute approximate surface area is 104 Å². The minimum absolute atomic E-state index is 0.0783. The molecule has 0 radical (unpaired) electrons. The number of ether oxygens (including phenoxy) is 1. The average Bonchev–Trinajstić information content (AvgIpc) is 2.85. The van der Waals surface area contributed by atoms with Crippen LogP contribution in [0.25, 0.3) is 0 Å². The van der Waals surface area contributed by atoms with Gasteiger partial charge in [-0.25, -0.2) is 0 Å². The minimum Gasteiger partial charge on any atom is -0.381 e. The zero-order chi connectivity index (χ0) is 12.1. The predicted octanol–water partition coefficient (Wildman–Crippen LogP) is 1.01. The number of nitrogens with one attached hydrogen (secondary N) is 1. The van der Waals surface area contributed by atoms with Gasteiger partial charge in [-0.1, -0.05) is 6.42 Å². The smallest absolute Gasteiger partial charge is 0.239 e. The van der Waals surface area contributed by atoms with Gasteiger partial charge in [0, 0.05) is 25.6 Å². The summed E-state index contributed by atoms with van der Waals surface area (Å²) < 4.78 is 5.44. The molecule has 0 unspecified atom stereocenters. The number of hydrogen-bond acceptors (Lipinski definition) is 3. The second kappa shape index (κ2) is 6.36. The fourth-order valence-corrected chi connectivity index (χ4v) is 2.74. The fourth-order valence-electron chi connectivity index (χ4n) is 2.74. The number of carbonyl (C=O) groups is 1. The molecule has 0 spiro atoms. The first kappa shape index (κ1) is 12.8. The Hall–Kier alpha value is -0.610. The maximum atomic E-state index is 12.2. The van der Waals surface area contributed by atoms with Crippen molar-refractivity contribution in [3.8, 4) is 0 Å². The van der Waals surface area contributed by atoms with E-state index in [1.807, 2.05) is 11.8 Å². The Morgan fingerprint density at radius 1 is 1.41 bits per heavy atom. The van der Waals surface area contributed by atoms with Gasteiger partial charge in [0.15, 0.2) is 0 Å². The van der Waals surface area contributed by atoms with E-state index in [4.69, 9.17) is 4.74 Å². The van der Waals surface area contributed by atoms with Crippen LogP contribution >= 0.6 is 0 Å². The van der Waals surface area contributed by atoms with E-state index in [0.29, 0.717) is 11.8 Å². The lowest BCUT2D eigenvalue weighted by Crippen LogP contribution is -2.47. The highest BCUT2D eigenvalue weighted by molar-refractivity contribution is 5.82. The Morgan fingerprint density at radius 2 is 2.29 bits per heavy atom. The first-order valence-corrected chi connectivity index (χ1v) is 6.91. The van der Waals surface area contributed by atoms with E-state index in [-0.39, 0.29) is 6.04 Å². The Morgan fingerprint density at radius 3 is 3.00 bits per heavy atom. The van der Waals surface area contributed by atoms with Crippen molar-refractivity contribution in [2.45, 2.75) is 38.6 Å². The topological polar surface area (TPSA) is 41.6 Å². The van der Waals surface area contributed by atoms with E-state index in [2.05, 4.69) is 5.32 Å². The number of nitrogens with zero attached hydrogens (tertiary/aromatic N) is 1. The van der Waals surface area contributed by atoms with Gasteiger partial charge in [0.05, 0.1) is 12.6 Å². The van der Waals surface area contributed by atoms with Crippen molar-refractivity contribution in [1.29, 1.82) is 0 Å². The van der Waals surface area contributed by atoms with E-state index in [9.17, 15) is 4.79 Å². The van der Waals surface area contributed by atoms with Crippen LogP contribution in [0.2, 0.25) is 0 Å². The quantitative estimate of drug-likeness (QED) is 0.797. The van der Waals surface area contributed by atoms with Crippen LogP contribution in [0.15, 0.2) is 0 Å². The molecule has 2 fully saturated rings. The predicted molar refractivity (Wildman–Crippen MR) is 66.8 cm³/mol. The number of piperidine rings is 1. The van der Waals surface area contributed by atoms with Crippen molar-refractivity contribution in [2.75, 3.05) is 32.8 Å². The van der Waals surface area contributed by atoms with E-state index < -0.39 is 0 Å². The molecule has 0 bridgehead atoms. The van der Waals surface area contributed by atoms with Crippen LogP contribution in [0.3, 0.4) is 0 Å². The summed E-state index contributed by atoms with van der Waals surface area (Å²) in [5.74, 6) is 0.853. The van der Waals surface area contributed by atoms with Crippen molar-refractivity contribution >= 4 is 5.91 Å². The van der Waals surface area contributed by atoms with Crippen LogP contribution in [0.5, 0.6) is 0 Å². The summed E-state index contributed by atoms with van der Waals surface area (Å²) in [6.45, 7) is 6.38. The molecule has 1 amide bonds. The second-order valence-electron chi connectivity index (χ2n) is 5.10. The number of likely N-dealkylation sites (tertiary alicyclic amines) is 1. The minimum atomic E-state index is 0.0783. The molecule has 0 aromatic carbocycles. The molecule has 0 aliphatic carbocycles. The van der Waals surface area contributed by atoms with Gasteiger partial charge in [0.25, 0.3) is 0 Å². The average molecular weight is 240 g/mol. The molecule has 2 atom stereocenters. The molecular formula is C13H24N2O2. The van der Waals surface area contributed by atoms with Gasteiger partial charge in [-0.15, -0.1) is 0 Å². The van der Waals surface area contributed by atoms with Crippen LogP contribution < -0.4 is 5.32 Å². The largest absolute Gasteiger partial charge is 0.381 e. The first-order valence-electron chi connectivity index (χ1n) is 6.91. The van der Waals surface area contributed by atoms with Crippen LogP contribution in [-0.4, -0.2) is 49.7 Å². The highest BCUT2D eigenvalue weighted by Crippen LogP contribution is 2.19. The van der Waals surface area contributed by atoms with Crippen molar-refractivity contribution in [1.82, 2.24) is 10.2 Å². The number of rotatable bonds is 4. The lowest BCUT2D eigenvalue weighted by molar-refractivity contribution is -0.133. The van der Waals surface area contributed by atoms with Crippen molar-refractivity contribution in [2.24, 2.45) is 5.92 Å². The molecular weight excluding hydrogens is 216 g/mol. The molecule has 2 saturated heterocycles. The maximum absolute atomic E-state index is 12.2. The van der Waals surface area contributed by atoms with Gasteiger partial charge in [0.1, 0.15) is 0 Å². The summed E-state index contributed by atoms with van der Waals surface area (Å²) in [4.78, 5) is 14.3. The van der Waals surface area contributed by atoms with E-state index in [0.717, 1.165) is 45.7 Å². The third-order valence-corrected chi connectivity index (χ3v) is 3.76. The molecule has 1 N–H and O–H groups in total. The lowest BCUT2D eigenvalue weighted by Gasteiger charge is -2.27. The maximum Gasteiger partial charge on any atom is 0.239 e. The van der Waals surface area contributed by atoms with Crippen LogP contribution in [-0.2, 0) is 9.53 Å². The Bertz CT molecular complexity index is 252. The number of amides is 1. The van der Waals surface area contributed by atoms with E-state index >= 15 is 0 Å². The van der Waals surface area contributed by atoms with Gasteiger partial charge in [-0.05, 0) is 32.7 Å². The monoisotopic (exact) mass is 240 g/mol. The summed E-state index contributed by atoms with van der Waals surface area (Å²) in [5.41, 5.74) is 0. The van der Waals surface area contributed by atoms with Crippen LogP contribution in [0.4, 0.5) is 0 Å². The SMILES string of the molecule is CCOC[C@@H]1CCN(C(=O)[C@@H]2CCCCN2)C1. The molecule has 4 nitrogen and oxygen atoms in total. The molecule has 0 saturated carbocycles. The molecule has 2 rings (SSSR count). The van der Waals surface area contributed by atoms with Crippen molar-refractivity contribution in [3.63, 3.8) is 0 Å². The summed E-state index contributed by atoms with van der Waals surface area (Å²) >= 11 is 0. The van der Waals surface area contributed by atoms with Gasteiger partial charge in [-0.3, -0.25) is 4.79 Å². The van der Waals surface area contributed by atoms with E-state index in [1.54, 1.807) is 0 Å². The summed E-state index contributed by atoms with van der Waals surface area (Å²) in [6, 6.07) is 0.0783. The molecule has 4 heteroatoms. The summed E-state index contributed by atoms with van der Waals surface area (Å²) in [5, 5.41) is 3.33. The molecule has 2 heterocycles. The highest BCUT2D eigenvalue weighted by Gasteiger charge is 2.31. The zero-order valence-corrected chi connectivity index (χ0v) is 10.8. The van der Waals surface area contributed by atoms with Gasteiger partial charge in [0.2, 0.25) is 5.91 Å². The third-order valence-electron chi connectivity index (χ3n) is 3.76. The molecule has 2 aliphatic rings. The number of carbonyl (C=O) groups excluding carboxylic acids is 1. The highest BCUT2D eigenvalue weighted by atomic mass is 16.5. The summed E-state index contributed by atoms with van der Waals surface area (Å²) in [7, 11) is 0. The second-order valence-corrected chi connectivity index (χ2v) is 5.10.